The number of ether oxygens (including phenoxy) is 1. The van der Waals surface area contributed by atoms with Gasteiger partial charge in [0.15, 0.2) is 0 Å². The highest BCUT2D eigenvalue weighted by Crippen LogP contribution is 2.25. The molecule has 23 heavy (non-hydrogen) atoms. The Morgan fingerprint density at radius 2 is 1.96 bits per heavy atom. The SMILES string of the molecule is COC(=O)[C@](CCC#N)(CC(C)C)NC(=O)c1ccc(Cl)cc1. The summed E-state index contributed by atoms with van der Waals surface area (Å²) in [6.45, 7) is 3.89. The van der Waals surface area contributed by atoms with E-state index in [0.29, 0.717) is 17.0 Å². The topological polar surface area (TPSA) is 79.2 Å². The molecule has 1 aromatic rings. The summed E-state index contributed by atoms with van der Waals surface area (Å²) in [4.78, 5) is 24.8. The van der Waals surface area contributed by atoms with Gasteiger partial charge in [0, 0.05) is 17.0 Å². The molecule has 0 radical (unpaired) electrons. The summed E-state index contributed by atoms with van der Waals surface area (Å²) in [5.74, 6) is -0.798. The van der Waals surface area contributed by atoms with Gasteiger partial charge >= 0.3 is 5.97 Å². The Hall–Kier alpha value is -2.06. The zero-order valence-electron chi connectivity index (χ0n) is 13.6. The molecule has 0 saturated carbocycles. The molecule has 124 valence electrons. The van der Waals surface area contributed by atoms with Gasteiger partial charge in [0.1, 0.15) is 5.54 Å². The first-order valence-electron chi connectivity index (χ1n) is 7.38. The van der Waals surface area contributed by atoms with Crippen molar-refractivity contribution in [3.63, 3.8) is 0 Å². The molecule has 0 saturated heterocycles. The van der Waals surface area contributed by atoms with Crippen LogP contribution in [0.2, 0.25) is 5.02 Å². The third-order valence-electron chi connectivity index (χ3n) is 3.46. The summed E-state index contributed by atoms with van der Waals surface area (Å²) in [6.07, 6.45) is 0.733. The molecule has 0 bridgehead atoms. The van der Waals surface area contributed by atoms with E-state index in [-0.39, 0.29) is 18.8 Å². The largest absolute Gasteiger partial charge is 0.467 e. The summed E-state index contributed by atoms with van der Waals surface area (Å²) >= 11 is 5.82. The molecule has 1 rings (SSSR count). The van der Waals surface area contributed by atoms with Crippen LogP contribution in [0.3, 0.4) is 0 Å². The van der Waals surface area contributed by atoms with Crippen LogP contribution in [0.15, 0.2) is 24.3 Å². The molecule has 1 N–H and O–H groups in total. The van der Waals surface area contributed by atoms with E-state index in [0.717, 1.165) is 0 Å². The van der Waals surface area contributed by atoms with E-state index in [2.05, 4.69) is 5.32 Å². The highest BCUT2D eigenvalue weighted by molar-refractivity contribution is 6.30. The average Bonchev–Trinajstić information content (AvgIpc) is 2.51. The molecule has 1 aromatic carbocycles. The summed E-state index contributed by atoms with van der Waals surface area (Å²) in [7, 11) is 1.28. The fourth-order valence-corrected chi connectivity index (χ4v) is 2.63. The van der Waals surface area contributed by atoms with Crippen molar-refractivity contribution in [2.24, 2.45) is 5.92 Å². The lowest BCUT2D eigenvalue weighted by molar-refractivity contribution is -0.149. The van der Waals surface area contributed by atoms with Gasteiger partial charge in [0.2, 0.25) is 0 Å². The maximum absolute atomic E-state index is 12.5. The van der Waals surface area contributed by atoms with Crippen LogP contribution in [-0.4, -0.2) is 24.5 Å². The second kappa shape index (κ2) is 8.54. The van der Waals surface area contributed by atoms with Crippen molar-refractivity contribution in [1.82, 2.24) is 5.32 Å². The number of carbonyl (C=O) groups is 2. The molecule has 5 nitrogen and oxygen atoms in total. The third-order valence-corrected chi connectivity index (χ3v) is 3.71. The van der Waals surface area contributed by atoms with Crippen molar-refractivity contribution in [3.05, 3.63) is 34.9 Å². The Morgan fingerprint density at radius 3 is 2.43 bits per heavy atom. The fraction of sp³-hybridized carbons (Fsp3) is 0.471. The molecule has 6 heteroatoms. The van der Waals surface area contributed by atoms with Crippen LogP contribution in [0, 0.1) is 17.2 Å². The van der Waals surface area contributed by atoms with Gasteiger partial charge < -0.3 is 10.1 Å². The first-order valence-corrected chi connectivity index (χ1v) is 7.76. The number of carbonyl (C=O) groups excluding carboxylic acids is 2. The lowest BCUT2D eigenvalue weighted by Crippen LogP contribution is -2.55. The number of methoxy groups -OCH3 is 1. The second-order valence-electron chi connectivity index (χ2n) is 5.79. The quantitative estimate of drug-likeness (QED) is 0.774. The highest BCUT2D eigenvalue weighted by atomic mass is 35.5. The van der Waals surface area contributed by atoms with Gasteiger partial charge in [0.05, 0.1) is 13.2 Å². The Morgan fingerprint density at radius 1 is 1.35 bits per heavy atom. The summed E-state index contributed by atoms with van der Waals surface area (Å²) in [5.41, 5.74) is -0.821. The second-order valence-corrected chi connectivity index (χ2v) is 6.23. The van der Waals surface area contributed by atoms with Gasteiger partial charge in [-0.25, -0.2) is 4.79 Å². The van der Waals surface area contributed by atoms with E-state index in [1.165, 1.54) is 7.11 Å². The zero-order valence-corrected chi connectivity index (χ0v) is 14.3. The van der Waals surface area contributed by atoms with E-state index < -0.39 is 17.4 Å². The maximum Gasteiger partial charge on any atom is 0.331 e. The van der Waals surface area contributed by atoms with Crippen LogP contribution in [0.25, 0.3) is 0 Å². The Labute approximate surface area is 141 Å². The molecule has 1 atom stereocenters. The smallest absolute Gasteiger partial charge is 0.331 e. The molecule has 0 fully saturated rings. The molecule has 0 heterocycles. The standard InChI is InChI=1S/C17H21ClN2O3/c1-12(2)11-17(9-4-10-19,16(22)23-3)20-15(21)13-5-7-14(18)8-6-13/h5-8,12H,4,9,11H2,1-3H3,(H,20,21)/t17-/m0/s1. The van der Waals surface area contributed by atoms with Crippen LogP contribution < -0.4 is 5.32 Å². The highest BCUT2D eigenvalue weighted by Gasteiger charge is 2.41. The number of amides is 1. The van der Waals surface area contributed by atoms with Gasteiger partial charge in [-0.05, 0) is 43.0 Å². The van der Waals surface area contributed by atoms with E-state index in [1.807, 2.05) is 19.9 Å². The van der Waals surface area contributed by atoms with Crippen LogP contribution in [-0.2, 0) is 9.53 Å². The lowest BCUT2D eigenvalue weighted by Gasteiger charge is -2.33. The minimum Gasteiger partial charge on any atom is -0.467 e. The number of hydrogen-bond acceptors (Lipinski definition) is 4. The predicted molar refractivity (Wildman–Crippen MR) is 88.0 cm³/mol. The van der Waals surface area contributed by atoms with E-state index in [9.17, 15) is 9.59 Å². The molecule has 0 unspecified atom stereocenters. The van der Waals surface area contributed by atoms with Gasteiger partial charge in [-0.3, -0.25) is 4.79 Å². The lowest BCUT2D eigenvalue weighted by atomic mass is 9.84. The average molecular weight is 337 g/mol. The van der Waals surface area contributed by atoms with Crippen LogP contribution >= 0.6 is 11.6 Å². The van der Waals surface area contributed by atoms with E-state index >= 15 is 0 Å². The van der Waals surface area contributed by atoms with Crippen LogP contribution in [0.5, 0.6) is 0 Å². The van der Waals surface area contributed by atoms with E-state index in [4.69, 9.17) is 21.6 Å². The molecule has 0 aliphatic carbocycles. The first-order chi connectivity index (χ1) is 10.8. The number of rotatable bonds is 7. The summed E-state index contributed by atoms with van der Waals surface area (Å²) < 4.78 is 4.89. The predicted octanol–water partition coefficient (Wildman–Crippen LogP) is 3.33. The van der Waals surface area contributed by atoms with Crippen molar-refractivity contribution in [1.29, 1.82) is 5.26 Å². The number of nitriles is 1. The molecule has 0 aromatic heterocycles. The molecule has 0 spiro atoms. The summed E-state index contributed by atoms with van der Waals surface area (Å²) in [6, 6.07) is 8.39. The number of nitrogens with one attached hydrogen (secondary N) is 1. The third kappa shape index (κ3) is 5.26. The van der Waals surface area contributed by atoms with Crippen molar-refractivity contribution >= 4 is 23.5 Å². The first kappa shape index (κ1) is 19.0. The molecular formula is C17H21ClN2O3. The van der Waals surface area contributed by atoms with Crippen molar-refractivity contribution in [3.8, 4) is 6.07 Å². The Balaban J connectivity index is 3.11. The molecule has 1 amide bonds. The summed E-state index contributed by atoms with van der Waals surface area (Å²) in [5, 5.41) is 12.2. The minimum atomic E-state index is -1.21. The van der Waals surface area contributed by atoms with Crippen LogP contribution in [0.4, 0.5) is 0 Å². The van der Waals surface area contributed by atoms with Gasteiger partial charge in [-0.1, -0.05) is 25.4 Å². The van der Waals surface area contributed by atoms with Gasteiger partial charge in [-0.2, -0.15) is 5.26 Å². The molecule has 0 aliphatic heterocycles. The van der Waals surface area contributed by atoms with E-state index in [1.54, 1.807) is 24.3 Å². The molecular weight excluding hydrogens is 316 g/mol. The number of nitrogens with zero attached hydrogens (tertiary/aromatic N) is 1. The number of esters is 1. The van der Waals surface area contributed by atoms with Gasteiger partial charge in [0.25, 0.3) is 5.91 Å². The van der Waals surface area contributed by atoms with Crippen molar-refractivity contribution in [2.45, 2.75) is 38.6 Å². The number of halogens is 1. The normalized spacial score (nSPS) is 13.0. The number of benzene rings is 1. The monoisotopic (exact) mass is 336 g/mol. The van der Waals surface area contributed by atoms with Gasteiger partial charge in [-0.15, -0.1) is 0 Å². The number of hydrogen-bond donors (Lipinski definition) is 1. The van der Waals surface area contributed by atoms with Crippen LogP contribution in [0.1, 0.15) is 43.5 Å². The molecule has 0 aliphatic rings. The zero-order chi connectivity index (χ0) is 17.5. The van der Waals surface area contributed by atoms with Crippen molar-refractivity contribution in [2.75, 3.05) is 7.11 Å². The maximum atomic E-state index is 12.5. The Bertz CT molecular complexity index is 593. The Kier molecular flexibility index (Phi) is 7.05. The minimum absolute atomic E-state index is 0.137. The van der Waals surface area contributed by atoms with Crippen molar-refractivity contribution < 1.29 is 14.3 Å². The fourth-order valence-electron chi connectivity index (χ4n) is 2.50.